The molecule has 0 aliphatic carbocycles. The van der Waals surface area contributed by atoms with Gasteiger partial charge in [0.25, 0.3) is 5.69 Å². The van der Waals surface area contributed by atoms with Crippen LogP contribution in [-0.4, -0.2) is 20.7 Å². The molecule has 0 bridgehead atoms. The first-order valence-corrected chi connectivity index (χ1v) is 5.98. The summed E-state index contributed by atoms with van der Waals surface area (Å²) >= 11 is 1.06. The number of rotatable bonds is 4. The summed E-state index contributed by atoms with van der Waals surface area (Å²) in [4.78, 5) is 18.9. The second-order valence-corrected chi connectivity index (χ2v) is 4.48. The fraction of sp³-hybridized carbons (Fsp3) is 0. The van der Waals surface area contributed by atoms with Crippen molar-refractivity contribution in [2.24, 2.45) is 5.73 Å². The largest absolute Gasteiger partial charge is 0.382 e. The number of nitrogens with one attached hydrogen (secondary N) is 1. The third kappa shape index (κ3) is 2.86. The van der Waals surface area contributed by atoms with Crippen LogP contribution in [0.2, 0.25) is 0 Å². The highest BCUT2D eigenvalue weighted by molar-refractivity contribution is 7.99. The lowest BCUT2D eigenvalue weighted by Gasteiger charge is -2.05. The molecule has 1 aromatic carbocycles. The quantitative estimate of drug-likeness (QED) is 0.380. The van der Waals surface area contributed by atoms with Crippen molar-refractivity contribution >= 4 is 23.3 Å². The van der Waals surface area contributed by atoms with Crippen molar-refractivity contribution in [2.75, 3.05) is 0 Å². The van der Waals surface area contributed by atoms with Gasteiger partial charge in [-0.3, -0.25) is 15.5 Å². The molecule has 0 radical (unpaired) electrons. The summed E-state index contributed by atoms with van der Waals surface area (Å²) < 4.78 is 0. The van der Waals surface area contributed by atoms with Crippen LogP contribution >= 0.6 is 11.8 Å². The highest BCUT2D eigenvalue weighted by Crippen LogP contribution is 2.34. The molecule has 2 rings (SSSR count). The molecule has 19 heavy (non-hydrogen) atoms. The average Bonchev–Trinajstić information content (AvgIpc) is 2.39. The number of nitrogen functional groups attached to an aromatic ring is 1. The molecule has 7 nitrogen and oxygen atoms in total. The van der Waals surface area contributed by atoms with Gasteiger partial charge in [-0.15, -0.1) is 0 Å². The van der Waals surface area contributed by atoms with E-state index >= 15 is 0 Å². The number of benzene rings is 1. The second-order valence-electron chi connectivity index (χ2n) is 3.45. The van der Waals surface area contributed by atoms with Gasteiger partial charge >= 0.3 is 0 Å². The normalized spacial score (nSPS) is 10.1. The predicted molar refractivity (Wildman–Crippen MR) is 70.3 cm³/mol. The maximum absolute atomic E-state index is 10.9. The Balaban J connectivity index is 2.42. The minimum atomic E-state index is -0.466. The van der Waals surface area contributed by atoms with E-state index in [2.05, 4.69) is 9.97 Å². The number of nitro groups is 1. The first kappa shape index (κ1) is 13.0. The van der Waals surface area contributed by atoms with Crippen molar-refractivity contribution < 1.29 is 4.92 Å². The third-order valence-electron chi connectivity index (χ3n) is 2.19. The molecular formula is C11H9N5O2S. The van der Waals surface area contributed by atoms with E-state index in [0.717, 1.165) is 11.8 Å². The molecule has 8 heteroatoms. The first-order valence-electron chi connectivity index (χ1n) is 5.16. The number of hydrogen-bond acceptors (Lipinski definition) is 6. The van der Waals surface area contributed by atoms with E-state index in [0.29, 0.717) is 9.92 Å². The van der Waals surface area contributed by atoms with Gasteiger partial charge in [0.1, 0.15) is 16.6 Å². The molecule has 0 atom stereocenters. The topological polar surface area (TPSA) is 119 Å². The van der Waals surface area contributed by atoms with E-state index in [1.165, 1.54) is 18.5 Å². The van der Waals surface area contributed by atoms with Crippen LogP contribution in [0.1, 0.15) is 5.69 Å². The second kappa shape index (κ2) is 5.44. The third-order valence-corrected chi connectivity index (χ3v) is 3.25. The van der Waals surface area contributed by atoms with Crippen molar-refractivity contribution in [2.45, 2.75) is 9.92 Å². The molecule has 0 aliphatic rings. The van der Waals surface area contributed by atoms with Gasteiger partial charge in [0, 0.05) is 18.5 Å². The molecular weight excluding hydrogens is 266 g/mol. The van der Waals surface area contributed by atoms with Crippen molar-refractivity contribution in [1.29, 1.82) is 5.41 Å². The standard InChI is InChI=1S/C11H9N5O2S/c12-10(13)9-11(15-6-5-14-9)19-8-4-2-1-3-7(8)16(17)18/h1-6H,(H3,12,13). The number of para-hydroxylation sites is 1. The number of hydrogen-bond donors (Lipinski definition) is 2. The van der Waals surface area contributed by atoms with Crippen molar-refractivity contribution in [3.05, 3.63) is 52.5 Å². The van der Waals surface area contributed by atoms with Crippen LogP contribution in [0.25, 0.3) is 0 Å². The number of aromatic nitrogens is 2. The van der Waals surface area contributed by atoms with Crippen molar-refractivity contribution in [3.63, 3.8) is 0 Å². The number of nitrogens with two attached hydrogens (primary N) is 1. The Morgan fingerprint density at radius 1 is 1.32 bits per heavy atom. The highest BCUT2D eigenvalue weighted by atomic mass is 32.2. The van der Waals surface area contributed by atoms with Gasteiger partial charge in [-0.25, -0.2) is 9.97 Å². The predicted octanol–water partition coefficient (Wildman–Crippen LogP) is 1.82. The summed E-state index contributed by atoms with van der Waals surface area (Å²) in [5.41, 5.74) is 5.59. The molecule has 1 aromatic heterocycles. The summed E-state index contributed by atoms with van der Waals surface area (Å²) in [5.74, 6) is -0.228. The van der Waals surface area contributed by atoms with Crippen LogP contribution in [-0.2, 0) is 0 Å². The Kier molecular flexibility index (Phi) is 3.71. The first-order chi connectivity index (χ1) is 9.09. The SMILES string of the molecule is N=C(N)c1nccnc1Sc1ccccc1[N+](=O)[O-]. The fourth-order valence-corrected chi connectivity index (χ4v) is 2.36. The molecule has 2 aromatic rings. The Morgan fingerprint density at radius 3 is 2.68 bits per heavy atom. The van der Waals surface area contributed by atoms with Gasteiger partial charge in [-0.1, -0.05) is 23.9 Å². The van der Waals surface area contributed by atoms with Gasteiger partial charge in [0.05, 0.1) is 9.82 Å². The lowest BCUT2D eigenvalue weighted by atomic mass is 10.3. The van der Waals surface area contributed by atoms with Crippen LogP contribution in [0.3, 0.4) is 0 Å². The Morgan fingerprint density at radius 2 is 2.00 bits per heavy atom. The molecule has 1 heterocycles. The molecule has 0 amide bonds. The van der Waals surface area contributed by atoms with E-state index in [4.69, 9.17) is 11.1 Å². The summed E-state index contributed by atoms with van der Waals surface area (Å²) in [5, 5.41) is 18.7. The number of amidine groups is 1. The summed E-state index contributed by atoms with van der Waals surface area (Å²) in [6.07, 6.45) is 2.86. The molecule has 96 valence electrons. The van der Waals surface area contributed by atoms with E-state index < -0.39 is 4.92 Å². The zero-order valence-corrected chi connectivity index (χ0v) is 10.4. The maximum atomic E-state index is 10.9. The minimum absolute atomic E-state index is 0.0207. The van der Waals surface area contributed by atoms with Gasteiger partial charge < -0.3 is 5.73 Å². The van der Waals surface area contributed by atoms with Crippen LogP contribution in [0, 0.1) is 15.5 Å². The number of nitrogens with zero attached hydrogens (tertiary/aromatic N) is 3. The smallest absolute Gasteiger partial charge is 0.283 e. The molecule has 0 aliphatic heterocycles. The zero-order chi connectivity index (χ0) is 13.8. The summed E-state index contributed by atoms with van der Waals surface area (Å²) in [6.45, 7) is 0. The van der Waals surface area contributed by atoms with Crippen LogP contribution in [0.4, 0.5) is 5.69 Å². The maximum Gasteiger partial charge on any atom is 0.283 e. The van der Waals surface area contributed by atoms with Gasteiger partial charge in [-0.2, -0.15) is 0 Å². The van der Waals surface area contributed by atoms with Crippen molar-refractivity contribution in [3.8, 4) is 0 Å². The van der Waals surface area contributed by atoms with Gasteiger partial charge in [0.15, 0.2) is 0 Å². The fourth-order valence-electron chi connectivity index (χ4n) is 1.38. The lowest BCUT2D eigenvalue weighted by Crippen LogP contribution is -2.15. The van der Waals surface area contributed by atoms with E-state index in [1.807, 2.05) is 0 Å². The van der Waals surface area contributed by atoms with E-state index in [9.17, 15) is 10.1 Å². The molecule has 3 N–H and O–H groups in total. The van der Waals surface area contributed by atoms with Gasteiger partial charge in [-0.05, 0) is 6.07 Å². The Bertz CT molecular complexity index is 591. The average molecular weight is 275 g/mol. The van der Waals surface area contributed by atoms with E-state index in [-0.39, 0.29) is 17.2 Å². The lowest BCUT2D eigenvalue weighted by molar-refractivity contribution is -0.387. The zero-order valence-electron chi connectivity index (χ0n) is 9.61. The Hall–Kier alpha value is -2.48. The van der Waals surface area contributed by atoms with Crippen LogP contribution < -0.4 is 5.73 Å². The number of nitro benzene ring substituents is 1. The molecule has 0 unspecified atom stereocenters. The Labute approximate surface area is 112 Å². The van der Waals surface area contributed by atoms with Crippen molar-refractivity contribution in [1.82, 2.24) is 9.97 Å². The molecule has 0 saturated heterocycles. The molecule has 0 fully saturated rings. The molecule has 0 saturated carbocycles. The minimum Gasteiger partial charge on any atom is -0.382 e. The van der Waals surface area contributed by atoms with Gasteiger partial charge in [0.2, 0.25) is 0 Å². The van der Waals surface area contributed by atoms with Crippen LogP contribution in [0.15, 0.2) is 46.6 Å². The highest BCUT2D eigenvalue weighted by Gasteiger charge is 2.17. The summed E-state index contributed by atoms with van der Waals surface area (Å²) in [7, 11) is 0. The van der Waals surface area contributed by atoms with Crippen LogP contribution in [0.5, 0.6) is 0 Å². The van der Waals surface area contributed by atoms with E-state index in [1.54, 1.807) is 18.2 Å². The summed E-state index contributed by atoms with van der Waals surface area (Å²) in [6, 6.07) is 6.30. The molecule has 0 spiro atoms. The monoisotopic (exact) mass is 275 g/mol.